The Hall–Kier alpha value is -0.820. The largest absolute Gasteiger partial charge is 0.369 e. The normalized spacial score (nSPS) is 25.6. The van der Waals surface area contributed by atoms with Crippen molar-refractivity contribution in [1.29, 1.82) is 0 Å². The third-order valence-corrected chi connectivity index (χ3v) is 2.65. The molecule has 1 fully saturated rings. The van der Waals surface area contributed by atoms with Gasteiger partial charge in [0.15, 0.2) is 0 Å². The van der Waals surface area contributed by atoms with Gasteiger partial charge >= 0.3 is 0 Å². The summed E-state index contributed by atoms with van der Waals surface area (Å²) in [4.78, 5) is 0. The van der Waals surface area contributed by atoms with E-state index in [0.29, 0.717) is 5.92 Å². The number of hydrogen-bond donors (Lipinski definition) is 0. The van der Waals surface area contributed by atoms with E-state index in [1.807, 2.05) is 18.2 Å². The fourth-order valence-corrected chi connectivity index (χ4v) is 1.79. The van der Waals surface area contributed by atoms with Gasteiger partial charge in [0.25, 0.3) is 0 Å². The summed E-state index contributed by atoms with van der Waals surface area (Å²) < 4.78 is 5.54. The monoisotopic (exact) mass is 178 g/mol. The summed E-state index contributed by atoms with van der Waals surface area (Å²) in [6.45, 7) is 12.2. The maximum absolute atomic E-state index is 5.54. The van der Waals surface area contributed by atoms with Crippen molar-refractivity contribution in [3.63, 3.8) is 0 Å². The van der Waals surface area contributed by atoms with Crippen LogP contribution in [0.2, 0.25) is 0 Å². The summed E-state index contributed by atoms with van der Waals surface area (Å²) in [5, 5.41) is 0. The lowest BCUT2D eigenvalue weighted by atomic mass is 9.85. The van der Waals surface area contributed by atoms with Gasteiger partial charge in [0, 0.05) is 0 Å². The maximum Gasteiger partial charge on any atom is 0.0984 e. The van der Waals surface area contributed by atoms with Gasteiger partial charge in [-0.1, -0.05) is 18.2 Å². The van der Waals surface area contributed by atoms with E-state index < -0.39 is 0 Å². The second kappa shape index (κ2) is 4.43. The fraction of sp³-hybridized carbons (Fsp3) is 0.500. The van der Waals surface area contributed by atoms with Crippen LogP contribution in [0.1, 0.15) is 19.3 Å². The highest BCUT2D eigenvalue weighted by atomic mass is 16.6. The molecule has 1 rings (SSSR count). The fourth-order valence-electron chi connectivity index (χ4n) is 1.79. The molecule has 0 aromatic carbocycles. The van der Waals surface area contributed by atoms with Crippen LogP contribution in [0.3, 0.4) is 0 Å². The highest BCUT2D eigenvalue weighted by molar-refractivity contribution is 5.05. The van der Waals surface area contributed by atoms with Crippen LogP contribution in [0.15, 0.2) is 38.0 Å². The first-order valence-corrected chi connectivity index (χ1v) is 4.75. The first kappa shape index (κ1) is 10.3. The SMILES string of the molecule is C=CCC(CC=C)C1(CC=C)CO1. The lowest BCUT2D eigenvalue weighted by Crippen LogP contribution is -2.22. The van der Waals surface area contributed by atoms with Crippen molar-refractivity contribution in [3.8, 4) is 0 Å². The van der Waals surface area contributed by atoms with Crippen LogP contribution in [0, 0.1) is 5.92 Å². The molecule has 0 spiro atoms. The van der Waals surface area contributed by atoms with Crippen molar-refractivity contribution in [3.05, 3.63) is 38.0 Å². The molecule has 0 aliphatic carbocycles. The van der Waals surface area contributed by atoms with Gasteiger partial charge in [-0.2, -0.15) is 0 Å². The molecule has 0 bridgehead atoms. The van der Waals surface area contributed by atoms with Crippen molar-refractivity contribution in [2.75, 3.05) is 6.61 Å². The predicted molar refractivity (Wildman–Crippen MR) is 56.6 cm³/mol. The highest BCUT2D eigenvalue weighted by Gasteiger charge is 2.48. The quantitative estimate of drug-likeness (QED) is 0.431. The molecule has 13 heavy (non-hydrogen) atoms. The van der Waals surface area contributed by atoms with E-state index in [0.717, 1.165) is 25.9 Å². The van der Waals surface area contributed by atoms with Crippen molar-refractivity contribution in [2.24, 2.45) is 5.92 Å². The zero-order valence-corrected chi connectivity index (χ0v) is 8.17. The van der Waals surface area contributed by atoms with Gasteiger partial charge in [0.1, 0.15) is 0 Å². The van der Waals surface area contributed by atoms with E-state index in [4.69, 9.17) is 4.74 Å². The molecule has 0 aromatic heterocycles. The minimum Gasteiger partial charge on any atom is -0.369 e. The van der Waals surface area contributed by atoms with Gasteiger partial charge in [-0.25, -0.2) is 0 Å². The lowest BCUT2D eigenvalue weighted by Gasteiger charge is -2.20. The van der Waals surface area contributed by atoms with Gasteiger partial charge in [0.2, 0.25) is 0 Å². The summed E-state index contributed by atoms with van der Waals surface area (Å²) in [6.07, 6.45) is 8.80. The van der Waals surface area contributed by atoms with Gasteiger partial charge in [-0.3, -0.25) is 0 Å². The minimum absolute atomic E-state index is 0.0597. The minimum atomic E-state index is 0.0597. The Morgan fingerprint density at radius 3 is 2.00 bits per heavy atom. The van der Waals surface area contributed by atoms with Crippen LogP contribution < -0.4 is 0 Å². The van der Waals surface area contributed by atoms with E-state index in [1.165, 1.54) is 0 Å². The molecule has 0 aromatic rings. The summed E-state index contributed by atoms with van der Waals surface area (Å²) in [6, 6.07) is 0. The molecular formula is C12H18O. The van der Waals surface area contributed by atoms with Crippen molar-refractivity contribution in [2.45, 2.75) is 24.9 Å². The van der Waals surface area contributed by atoms with Crippen LogP contribution in [-0.2, 0) is 4.74 Å². The second-order valence-electron chi connectivity index (χ2n) is 3.59. The topological polar surface area (TPSA) is 12.5 Å². The van der Waals surface area contributed by atoms with E-state index in [9.17, 15) is 0 Å². The molecule has 1 atom stereocenters. The maximum atomic E-state index is 5.54. The summed E-state index contributed by atoms with van der Waals surface area (Å²) in [7, 11) is 0. The Bertz CT molecular complexity index is 191. The second-order valence-corrected chi connectivity index (χ2v) is 3.59. The molecule has 0 radical (unpaired) electrons. The Labute approximate surface area is 80.8 Å². The van der Waals surface area contributed by atoms with Crippen LogP contribution in [0.5, 0.6) is 0 Å². The van der Waals surface area contributed by atoms with Gasteiger partial charge in [0.05, 0.1) is 12.2 Å². The zero-order valence-electron chi connectivity index (χ0n) is 8.17. The number of hydrogen-bond acceptors (Lipinski definition) is 1. The van der Waals surface area contributed by atoms with Crippen molar-refractivity contribution in [1.82, 2.24) is 0 Å². The zero-order chi connectivity index (χ0) is 9.73. The molecule has 1 aliphatic heterocycles. The average molecular weight is 178 g/mol. The van der Waals surface area contributed by atoms with E-state index in [-0.39, 0.29) is 5.60 Å². The van der Waals surface area contributed by atoms with Crippen LogP contribution in [0.4, 0.5) is 0 Å². The highest BCUT2D eigenvalue weighted by Crippen LogP contribution is 2.42. The van der Waals surface area contributed by atoms with Crippen LogP contribution in [0.25, 0.3) is 0 Å². The first-order valence-electron chi connectivity index (χ1n) is 4.75. The van der Waals surface area contributed by atoms with Crippen molar-refractivity contribution < 1.29 is 4.74 Å². The molecule has 72 valence electrons. The van der Waals surface area contributed by atoms with E-state index >= 15 is 0 Å². The molecule has 0 amide bonds. The third-order valence-electron chi connectivity index (χ3n) is 2.65. The standard InChI is InChI=1S/C12H18O/c1-4-7-11(8-5-2)12(9-6-3)10-13-12/h4-6,11H,1-3,7-10H2. The number of rotatable bonds is 7. The average Bonchev–Trinajstić information content (AvgIpc) is 2.86. The molecule has 1 nitrogen and oxygen atoms in total. The summed E-state index contributed by atoms with van der Waals surface area (Å²) >= 11 is 0. The summed E-state index contributed by atoms with van der Waals surface area (Å²) in [5.74, 6) is 0.528. The van der Waals surface area contributed by atoms with Gasteiger partial charge < -0.3 is 4.74 Å². The molecule has 1 unspecified atom stereocenters. The predicted octanol–water partition coefficient (Wildman–Crippen LogP) is 3.10. The Morgan fingerprint density at radius 2 is 1.69 bits per heavy atom. The van der Waals surface area contributed by atoms with Crippen molar-refractivity contribution >= 4 is 0 Å². The summed E-state index contributed by atoms with van der Waals surface area (Å²) in [5.41, 5.74) is 0.0597. The Morgan fingerprint density at radius 1 is 1.15 bits per heavy atom. The smallest absolute Gasteiger partial charge is 0.0984 e. The van der Waals surface area contributed by atoms with E-state index in [2.05, 4.69) is 19.7 Å². The molecule has 1 heteroatoms. The Balaban J connectivity index is 2.56. The van der Waals surface area contributed by atoms with E-state index in [1.54, 1.807) is 0 Å². The third kappa shape index (κ3) is 2.31. The lowest BCUT2D eigenvalue weighted by molar-refractivity contribution is 0.219. The Kier molecular flexibility index (Phi) is 3.49. The molecule has 1 aliphatic rings. The molecule has 0 N–H and O–H groups in total. The number of allylic oxidation sites excluding steroid dienone is 2. The first-order chi connectivity index (χ1) is 6.29. The molecular weight excluding hydrogens is 160 g/mol. The van der Waals surface area contributed by atoms with Crippen LogP contribution >= 0.6 is 0 Å². The molecule has 0 saturated carbocycles. The number of epoxide rings is 1. The van der Waals surface area contributed by atoms with Gasteiger partial charge in [-0.15, -0.1) is 19.7 Å². The molecule has 1 saturated heterocycles. The molecule has 1 heterocycles. The van der Waals surface area contributed by atoms with Crippen LogP contribution in [-0.4, -0.2) is 12.2 Å². The van der Waals surface area contributed by atoms with Gasteiger partial charge in [-0.05, 0) is 25.2 Å². The number of ether oxygens (including phenoxy) is 1.